The van der Waals surface area contributed by atoms with Crippen molar-refractivity contribution < 1.29 is 17.9 Å². The first-order valence-electron chi connectivity index (χ1n) is 9.66. The van der Waals surface area contributed by atoms with Gasteiger partial charge in [-0.3, -0.25) is 0 Å². The van der Waals surface area contributed by atoms with Gasteiger partial charge in [-0.15, -0.1) is 10.2 Å². The van der Waals surface area contributed by atoms with Crippen LogP contribution in [0.25, 0.3) is 11.5 Å². The molecule has 2 aromatic rings. The average Bonchev–Trinajstić information content (AvgIpc) is 3.02. The van der Waals surface area contributed by atoms with Gasteiger partial charge in [0.1, 0.15) is 5.75 Å². The number of hydrogen-bond acceptors (Lipinski definition) is 4. The van der Waals surface area contributed by atoms with Crippen molar-refractivity contribution in [2.24, 2.45) is 16.7 Å². The summed E-state index contributed by atoms with van der Waals surface area (Å²) in [6, 6.07) is 6.35. The minimum Gasteiger partial charge on any atom is -0.435 e. The number of hydrogen-bond donors (Lipinski definition) is 0. The van der Waals surface area contributed by atoms with Gasteiger partial charge in [0, 0.05) is 11.0 Å². The predicted molar refractivity (Wildman–Crippen MR) is 95.5 cm³/mol. The van der Waals surface area contributed by atoms with Gasteiger partial charge in [0.05, 0.1) is 0 Å². The van der Waals surface area contributed by atoms with E-state index in [0.717, 1.165) is 36.6 Å². The van der Waals surface area contributed by atoms with Crippen LogP contribution in [0, 0.1) is 16.7 Å². The Morgan fingerprint density at radius 3 is 2.26 bits per heavy atom. The van der Waals surface area contributed by atoms with Crippen LogP contribution < -0.4 is 4.74 Å². The molecule has 1 aromatic heterocycles. The fourth-order valence-electron chi connectivity index (χ4n) is 7.02. The molecule has 4 aliphatic rings. The summed E-state index contributed by atoms with van der Waals surface area (Å²) in [6.45, 7) is 2.01. The Morgan fingerprint density at radius 2 is 1.67 bits per heavy atom. The van der Waals surface area contributed by atoms with Crippen LogP contribution in [-0.2, 0) is 5.41 Å². The van der Waals surface area contributed by atoms with Crippen LogP contribution in [0.1, 0.15) is 58.3 Å². The Kier molecular flexibility index (Phi) is 3.50. The number of alkyl halides is 2. The van der Waals surface area contributed by atoms with E-state index in [1.54, 1.807) is 12.1 Å². The van der Waals surface area contributed by atoms with E-state index >= 15 is 0 Å². The van der Waals surface area contributed by atoms with Gasteiger partial charge in [-0.05, 0) is 79.5 Å². The number of nitrogens with zero attached hydrogens (tertiary/aromatic N) is 2. The molecule has 2 unspecified atom stereocenters. The van der Waals surface area contributed by atoms with E-state index in [1.165, 1.54) is 31.4 Å². The Hall–Kier alpha value is -1.98. The van der Waals surface area contributed by atoms with Crippen LogP contribution >= 0.6 is 0 Å². The molecule has 4 saturated carbocycles. The van der Waals surface area contributed by atoms with Crippen LogP contribution in [-0.4, -0.2) is 16.8 Å². The zero-order valence-electron chi connectivity index (χ0n) is 15.7. The first kappa shape index (κ1) is 17.1. The monoisotopic (exact) mass is 374 g/mol. The van der Waals surface area contributed by atoms with Crippen molar-refractivity contribution in [3.8, 4) is 17.2 Å². The standard InChI is InChI=1S/C21H24F2N2O2/c1-19-7-13-8-20(2,10-19)12-21(9-13,11-19)17-25-24-16(27-17)14-3-5-15(6-4-14)26-18(22)23/h3-6,13,18H,7-12H2,1-2H3. The minimum absolute atomic E-state index is 0.00705. The Bertz CT molecular complexity index is 845. The topological polar surface area (TPSA) is 48.2 Å². The molecule has 4 bridgehead atoms. The molecule has 4 aliphatic carbocycles. The molecule has 6 heteroatoms. The highest BCUT2D eigenvalue weighted by Crippen LogP contribution is 2.69. The van der Waals surface area contributed by atoms with Crippen molar-refractivity contribution in [3.05, 3.63) is 30.2 Å². The zero-order chi connectivity index (χ0) is 18.9. The minimum atomic E-state index is -2.83. The van der Waals surface area contributed by atoms with Crippen LogP contribution in [0.3, 0.4) is 0 Å². The van der Waals surface area contributed by atoms with Crippen molar-refractivity contribution in [1.29, 1.82) is 0 Å². The lowest BCUT2D eigenvalue weighted by Gasteiger charge is -2.64. The summed E-state index contributed by atoms with van der Waals surface area (Å²) in [6.07, 6.45) is 7.31. The Morgan fingerprint density at radius 1 is 1.00 bits per heavy atom. The van der Waals surface area contributed by atoms with Crippen LogP contribution in [0.2, 0.25) is 0 Å². The molecule has 0 amide bonds. The SMILES string of the molecule is CC12CC3CC(C)(C1)CC(c1nnc(-c4ccc(OC(F)F)cc4)o1)(C3)C2. The van der Waals surface area contributed by atoms with Gasteiger partial charge in [-0.2, -0.15) is 8.78 Å². The molecule has 0 radical (unpaired) electrons. The highest BCUT2D eigenvalue weighted by molar-refractivity contribution is 5.54. The van der Waals surface area contributed by atoms with Gasteiger partial charge in [-0.1, -0.05) is 13.8 Å². The summed E-state index contributed by atoms with van der Waals surface area (Å²) >= 11 is 0. The third kappa shape index (κ3) is 2.84. The molecule has 144 valence electrons. The summed E-state index contributed by atoms with van der Waals surface area (Å²) in [5.74, 6) is 2.07. The maximum atomic E-state index is 12.3. The first-order chi connectivity index (χ1) is 12.8. The van der Waals surface area contributed by atoms with Crippen molar-refractivity contribution in [2.45, 2.75) is 64.4 Å². The molecule has 27 heavy (non-hydrogen) atoms. The molecular weight excluding hydrogens is 350 g/mol. The van der Waals surface area contributed by atoms with E-state index in [-0.39, 0.29) is 11.2 Å². The largest absolute Gasteiger partial charge is 0.435 e. The van der Waals surface area contributed by atoms with E-state index in [1.807, 2.05) is 0 Å². The lowest BCUT2D eigenvalue weighted by molar-refractivity contribution is -0.117. The van der Waals surface area contributed by atoms with Gasteiger partial charge < -0.3 is 9.15 Å². The average molecular weight is 374 g/mol. The quantitative estimate of drug-likeness (QED) is 0.700. The van der Waals surface area contributed by atoms with Gasteiger partial charge in [0.2, 0.25) is 11.8 Å². The molecular formula is C21H24F2N2O2. The lowest BCUT2D eigenvalue weighted by atomic mass is 9.40. The smallest absolute Gasteiger partial charge is 0.387 e. The fraction of sp³-hybridized carbons (Fsp3) is 0.619. The fourth-order valence-corrected chi connectivity index (χ4v) is 7.02. The van der Waals surface area contributed by atoms with E-state index in [2.05, 4.69) is 28.8 Å². The molecule has 0 spiro atoms. The van der Waals surface area contributed by atoms with Crippen molar-refractivity contribution in [3.63, 3.8) is 0 Å². The summed E-state index contributed by atoms with van der Waals surface area (Å²) in [4.78, 5) is 0. The molecule has 0 saturated heterocycles. The zero-order valence-corrected chi connectivity index (χ0v) is 15.7. The molecule has 6 rings (SSSR count). The molecule has 0 N–H and O–H groups in total. The van der Waals surface area contributed by atoms with E-state index in [0.29, 0.717) is 16.7 Å². The number of rotatable bonds is 4. The molecule has 2 atom stereocenters. The second kappa shape index (κ2) is 5.52. The van der Waals surface area contributed by atoms with Crippen molar-refractivity contribution >= 4 is 0 Å². The van der Waals surface area contributed by atoms with E-state index < -0.39 is 6.61 Å². The second-order valence-corrected chi connectivity index (χ2v) is 9.73. The van der Waals surface area contributed by atoms with Gasteiger partial charge in [0.25, 0.3) is 0 Å². The van der Waals surface area contributed by atoms with Crippen molar-refractivity contribution in [2.75, 3.05) is 0 Å². The first-order valence-corrected chi connectivity index (χ1v) is 9.66. The summed E-state index contributed by atoms with van der Waals surface area (Å²) in [7, 11) is 0. The molecule has 1 aromatic carbocycles. The Labute approximate surface area is 157 Å². The van der Waals surface area contributed by atoms with Gasteiger partial charge in [0.15, 0.2) is 0 Å². The lowest BCUT2D eigenvalue weighted by Crippen LogP contribution is -2.57. The molecule has 0 aliphatic heterocycles. The van der Waals surface area contributed by atoms with E-state index in [9.17, 15) is 8.78 Å². The van der Waals surface area contributed by atoms with E-state index in [4.69, 9.17) is 4.42 Å². The number of benzene rings is 1. The van der Waals surface area contributed by atoms with Crippen molar-refractivity contribution in [1.82, 2.24) is 10.2 Å². The molecule has 4 fully saturated rings. The summed E-state index contributed by atoms with van der Waals surface area (Å²) in [5.41, 5.74) is 1.46. The third-order valence-corrected chi connectivity index (χ3v) is 6.83. The second-order valence-electron chi connectivity index (χ2n) is 9.73. The van der Waals surface area contributed by atoms with Gasteiger partial charge in [-0.25, -0.2) is 0 Å². The van der Waals surface area contributed by atoms with Crippen LogP contribution in [0.4, 0.5) is 8.78 Å². The number of halogens is 2. The maximum absolute atomic E-state index is 12.3. The number of ether oxygens (including phenoxy) is 1. The molecule has 1 heterocycles. The summed E-state index contributed by atoms with van der Waals surface area (Å²) in [5, 5.41) is 8.72. The molecule has 4 nitrogen and oxygen atoms in total. The maximum Gasteiger partial charge on any atom is 0.387 e. The normalized spacial score (nSPS) is 37.1. The highest BCUT2D eigenvalue weighted by atomic mass is 19.3. The number of aromatic nitrogens is 2. The predicted octanol–water partition coefficient (Wildman–Crippen LogP) is 5.59. The third-order valence-electron chi connectivity index (χ3n) is 6.83. The summed E-state index contributed by atoms with van der Waals surface area (Å²) < 4.78 is 35.2. The van der Waals surface area contributed by atoms with Crippen LogP contribution in [0.5, 0.6) is 5.75 Å². The van der Waals surface area contributed by atoms with Crippen LogP contribution in [0.15, 0.2) is 28.7 Å². The van der Waals surface area contributed by atoms with Gasteiger partial charge >= 0.3 is 6.61 Å². The Balaban J connectivity index is 1.44. The highest BCUT2D eigenvalue weighted by Gasteiger charge is 2.62.